The summed E-state index contributed by atoms with van der Waals surface area (Å²) in [7, 11) is 5.35. The van der Waals surface area contributed by atoms with Gasteiger partial charge in [0, 0.05) is 13.5 Å². The Morgan fingerprint density at radius 3 is 2.47 bits per heavy atom. The minimum atomic E-state index is -0.885. The molecular formula is C20H33N4O8+. The molecule has 180 valence electrons. The van der Waals surface area contributed by atoms with Gasteiger partial charge >= 0.3 is 0 Å². The van der Waals surface area contributed by atoms with Crippen LogP contribution in [0.25, 0.3) is 0 Å². The molecule has 1 aromatic carbocycles. The Labute approximate surface area is 187 Å². The molecule has 1 aromatic rings. The van der Waals surface area contributed by atoms with Crippen molar-refractivity contribution >= 4 is 11.8 Å². The van der Waals surface area contributed by atoms with Crippen LogP contribution in [0, 0.1) is 10.1 Å². The molecule has 1 atom stereocenters. The van der Waals surface area contributed by atoms with Gasteiger partial charge in [-0.1, -0.05) is 12.1 Å². The van der Waals surface area contributed by atoms with Crippen molar-refractivity contribution in [1.29, 1.82) is 0 Å². The summed E-state index contributed by atoms with van der Waals surface area (Å²) in [4.78, 5) is 37.3. The van der Waals surface area contributed by atoms with Gasteiger partial charge in [0.25, 0.3) is 11.0 Å². The predicted octanol–water partition coefficient (Wildman–Crippen LogP) is -0.268. The van der Waals surface area contributed by atoms with Crippen molar-refractivity contribution in [2.45, 2.75) is 18.9 Å². The number of ether oxygens (including phenoxy) is 2. The summed E-state index contributed by atoms with van der Waals surface area (Å²) in [5.74, 6) is 0.350. The molecule has 0 heterocycles. The molecule has 0 aromatic heterocycles. The molecule has 0 spiro atoms. The van der Waals surface area contributed by atoms with Crippen LogP contribution in [0.1, 0.15) is 12.8 Å². The van der Waals surface area contributed by atoms with Gasteiger partial charge in [-0.2, -0.15) is 0 Å². The summed E-state index contributed by atoms with van der Waals surface area (Å²) in [6, 6.07) is 6.89. The average Bonchev–Trinajstić information content (AvgIpc) is 2.73. The Balaban J connectivity index is 2.36. The molecule has 12 nitrogen and oxygen atoms in total. The number of hydrogen-bond donors (Lipinski definition) is 3. The van der Waals surface area contributed by atoms with Crippen LogP contribution in [-0.2, 0) is 14.4 Å². The number of rotatable bonds is 16. The van der Waals surface area contributed by atoms with Crippen LogP contribution in [0.2, 0.25) is 0 Å². The van der Waals surface area contributed by atoms with Crippen LogP contribution in [0.4, 0.5) is 0 Å². The first-order valence-electron chi connectivity index (χ1n) is 10.2. The molecule has 0 bridgehead atoms. The van der Waals surface area contributed by atoms with Crippen molar-refractivity contribution in [1.82, 2.24) is 10.6 Å². The third kappa shape index (κ3) is 11.9. The number of hydrogen-bond acceptors (Lipinski definition) is 8. The molecule has 0 saturated carbocycles. The van der Waals surface area contributed by atoms with Crippen LogP contribution in [0.3, 0.4) is 0 Å². The van der Waals surface area contributed by atoms with E-state index in [1.807, 2.05) is 14.1 Å². The Hall–Kier alpha value is -3.12. The van der Waals surface area contributed by atoms with Crippen molar-refractivity contribution in [3.8, 4) is 11.5 Å². The number of likely N-dealkylation sites (N-methyl/N-ethyl adjacent to an activating group) is 2. The molecule has 1 rings (SSSR count). The van der Waals surface area contributed by atoms with Crippen molar-refractivity contribution in [3.05, 3.63) is 34.4 Å². The van der Waals surface area contributed by atoms with E-state index in [4.69, 9.17) is 9.47 Å². The van der Waals surface area contributed by atoms with Crippen LogP contribution in [-0.4, -0.2) is 93.2 Å². The molecule has 3 N–H and O–H groups in total. The lowest BCUT2D eigenvalue weighted by atomic mass is 10.3. The number of carbonyl (C=O) groups excluding carboxylic acids is 2. The number of quaternary nitrogens is 1. The molecule has 0 aliphatic rings. The number of aliphatic hydroxyl groups is 1. The quantitative estimate of drug-likeness (QED) is 0.133. The molecule has 32 heavy (non-hydrogen) atoms. The van der Waals surface area contributed by atoms with Gasteiger partial charge in [-0.25, -0.2) is 0 Å². The van der Waals surface area contributed by atoms with Crippen molar-refractivity contribution in [3.63, 3.8) is 0 Å². The lowest BCUT2D eigenvalue weighted by Gasteiger charge is -2.32. The molecule has 0 radical (unpaired) electrons. The maximum absolute atomic E-state index is 11.8. The first-order chi connectivity index (χ1) is 15.1. The third-order valence-electron chi connectivity index (χ3n) is 4.41. The lowest BCUT2D eigenvalue weighted by molar-refractivity contribution is -0.892. The minimum absolute atomic E-state index is 0.0326. The van der Waals surface area contributed by atoms with E-state index in [1.54, 1.807) is 24.3 Å². The van der Waals surface area contributed by atoms with Gasteiger partial charge in [-0.3, -0.25) is 9.59 Å². The van der Waals surface area contributed by atoms with Crippen LogP contribution in [0.5, 0.6) is 11.5 Å². The van der Waals surface area contributed by atoms with Gasteiger partial charge in [-0.15, -0.1) is 10.1 Å². The second-order valence-corrected chi connectivity index (χ2v) is 7.73. The highest BCUT2D eigenvalue weighted by molar-refractivity contribution is 5.77. The predicted molar refractivity (Wildman–Crippen MR) is 115 cm³/mol. The van der Waals surface area contributed by atoms with E-state index in [0.717, 1.165) is 0 Å². The molecule has 2 amide bonds. The Bertz CT molecular complexity index is 744. The maximum atomic E-state index is 11.8. The lowest BCUT2D eigenvalue weighted by Crippen LogP contribution is -2.50. The second-order valence-electron chi connectivity index (χ2n) is 7.73. The third-order valence-corrected chi connectivity index (χ3v) is 4.41. The van der Waals surface area contributed by atoms with E-state index in [1.165, 1.54) is 7.05 Å². The highest BCUT2D eigenvalue weighted by Crippen LogP contribution is 2.26. The summed E-state index contributed by atoms with van der Waals surface area (Å²) in [6.45, 7) is 1.12. The fourth-order valence-electron chi connectivity index (χ4n) is 2.76. The van der Waals surface area contributed by atoms with Crippen LogP contribution < -0.4 is 20.1 Å². The number of carbonyl (C=O) groups is 2. The average molecular weight is 458 g/mol. The van der Waals surface area contributed by atoms with Crippen molar-refractivity contribution in [2.75, 3.05) is 60.6 Å². The van der Waals surface area contributed by atoms with E-state index in [2.05, 4.69) is 15.5 Å². The first kappa shape index (κ1) is 26.9. The number of nitrogens with one attached hydrogen (secondary N) is 2. The summed E-state index contributed by atoms with van der Waals surface area (Å²) < 4.78 is 11.6. The van der Waals surface area contributed by atoms with E-state index < -0.39 is 11.2 Å². The Morgan fingerprint density at radius 2 is 1.84 bits per heavy atom. The van der Waals surface area contributed by atoms with Crippen LogP contribution >= 0.6 is 0 Å². The SMILES string of the molecule is CNC(=O)COc1ccccc1OCC(O)C[N+](C)(C)CCNC(=O)CCCO[N+](=O)[O-]. The molecule has 0 saturated heterocycles. The topological polar surface area (TPSA) is 149 Å². The standard InChI is InChI=1S/C20H32N4O8/c1-21-20(27)15-31-18-8-5-4-7-17(18)30-14-16(25)13-24(2,3)11-10-22-19(26)9-6-12-32-23(28)29/h4-5,7-8,16,25H,6,9-15H2,1-3H3,(H-,21,22,26,27)/p+1. The minimum Gasteiger partial charge on any atom is -0.487 e. The highest BCUT2D eigenvalue weighted by Gasteiger charge is 2.21. The van der Waals surface area contributed by atoms with Gasteiger partial charge < -0.3 is 34.5 Å². The van der Waals surface area contributed by atoms with Crippen molar-refractivity contribution < 1.29 is 38.6 Å². The molecule has 12 heteroatoms. The number of amides is 2. The molecule has 1 unspecified atom stereocenters. The fraction of sp³-hybridized carbons (Fsp3) is 0.600. The summed E-state index contributed by atoms with van der Waals surface area (Å²) in [6.07, 6.45) is -0.374. The second kappa shape index (κ2) is 14.0. The summed E-state index contributed by atoms with van der Waals surface area (Å²) >= 11 is 0. The highest BCUT2D eigenvalue weighted by atomic mass is 16.9. The number of benzene rings is 1. The normalized spacial score (nSPS) is 11.9. The van der Waals surface area contributed by atoms with Crippen LogP contribution in [0.15, 0.2) is 24.3 Å². The van der Waals surface area contributed by atoms with Gasteiger partial charge in [-0.05, 0) is 18.6 Å². The molecule has 0 fully saturated rings. The van der Waals surface area contributed by atoms with Gasteiger partial charge in [0.1, 0.15) is 19.3 Å². The number of aliphatic hydroxyl groups excluding tert-OH is 1. The molecular weight excluding hydrogens is 424 g/mol. The van der Waals surface area contributed by atoms with Crippen molar-refractivity contribution in [2.24, 2.45) is 0 Å². The fourth-order valence-corrected chi connectivity index (χ4v) is 2.76. The largest absolute Gasteiger partial charge is 0.487 e. The van der Waals surface area contributed by atoms with E-state index >= 15 is 0 Å². The zero-order valence-electron chi connectivity index (χ0n) is 18.7. The van der Waals surface area contributed by atoms with Gasteiger partial charge in [0.05, 0.1) is 33.8 Å². The molecule has 0 aliphatic carbocycles. The zero-order chi connectivity index (χ0) is 24.0. The smallest absolute Gasteiger partial charge is 0.294 e. The van der Waals surface area contributed by atoms with E-state index in [9.17, 15) is 24.8 Å². The Kier molecular flexibility index (Phi) is 11.8. The number of nitrogens with zero attached hydrogens (tertiary/aromatic N) is 2. The summed E-state index contributed by atoms with van der Waals surface area (Å²) in [5.41, 5.74) is 0. The first-order valence-corrected chi connectivity index (χ1v) is 10.2. The maximum Gasteiger partial charge on any atom is 0.294 e. The molecule has 0 aliphatic heterocycles. The summed E-state index contributed by atoms with van der Waals surface area (Å²) in [5, 5.41) is 24.8. The number of para-hydroxylation sites is 2. The van der Waals surface area contributed by atoms with E-state index in [0.29, 0.717) is 35.6 Å². The van der Waals surface area contributed by atoms with Gasteiger partial charge in [0.15, 0.2) is 18.1 Å². The van der Waals surface area contributed by atoms with Gasteiger partial charge in [0.2, 0.25) is 5.91 Å². The zero-order valence-corrected chi connectivity index (χ0v) is 18.7. The monoisotopic (exact) mass is 457 g/mol. The van der Waals surface area contributed by atoms with E-state index in [-0.39, 0.29) is 44.5 Å². The Morgan fingerprint density at radius 1 is 1.19 bits per heavy atom.